The molecule has 0 fully saturated rings. The highest BCUT2D eigenvalue weighted by Crippen LogP contribution is 2.17. The molecule has 0 unspecified atom stereocenters. The third-order valence-corrected chi connectivity index (χ3v) is 4.85. The molecule has 1 aromatic heterocycles. The molecule has 0 spiro atoms. The van der Waals surface area contributed by atoms with Crippen molar-refractivity contribution in [2.45, 2.75) is 13.5 Å². The van der Waals surface area contributed by atoms with Crippen molar-refractivity contribution in [3.05, 3.63) is 87.8 Å². The van der Waals surface area contributed by atoms with Gasteiger partial charge in [-0.15, -0.1) is 0 Å². The Morgan fingerprint density at radius 2 is 1.70 bits per heavy atom. The van der Waals surface area contributed by atoms with E-state index >= 15 is 0 Å². The van der Waals surface area contributed by atoms with E-state index in [4.69, 9.17) is 4.42 Å². The molecule has 0 bridgehead atoms. The van der Waals surface area contributed by atoms with Crippen LogP contribution in [0.15, 0.2) is 75.1 Å². The maximum absolute atomic E-state index is 12.4. The SMILES string of the molecule is Cc1ccc(NC(=O)C(=O)NCc2ccc(/C=C(/C#N)C(=O)Nc3cccc(Br)c3)o2)cc1. The molecule has 3 rings (SSSR count). The van der Waals surface area contributed by atoms with Crippen molar-refractivity contribution >= 4 is 51.1 Å². The van der Waals surface area contributed by atoms with Gasteiger partial charge in [-0.3, -0.25) is 14.4 Å². The van der Waals surface area contributed by atoms with Crippen LogP contribution in [0.3, 0.4) is 0 Å². The number of carbonyl (C=O) groups is 3. The Labute approximate surface area is 198 Å². The van der Waals surface area contributed by atoms with Crippen LogP contribution in [0, 0.1) is 18.3 Å². The number of nitrogens with zero attached hydrogens (tertiary/aromatic N) is 1. The fraction of sp³-hybridized carbons (Fsp3) is 0.0833. The number of anilines is 2. The molecular weight excluding hydrogens is 488 g/mol. The van der Waals surface area contributed by atoms with E-state index in [0.29, 0.717) is 17.1 Å². The molecule has 33 heavy (non-hydrogen) atoms. The molecule has 1 heterocycles. The number of amides is 3. The van der Waals surface area contributed by atoms with E-state index in [0.717, 1.165) is 10.0 Å². The van der Waals surface area contributed by atoms with Gasteiger partial charge in [-0.1, -0.05) is 39.7 Å². The van der Waals surface area contributed by atoms with Crippen LogP contribution in [-0.2, 0) is 20.9 Å². The lowest BCUT2D eigenvalue weighted by molar-refractivity contribution is -0.136. The van der Waals surface area contributed by atoms with Crippen LogP contribution in [0.2, 0.25) is 0 Å². The minimum absolute atomic E-state index is 0.0416. The van der Waals surface area contributed by atoms with Crippen LogP contribution in [0.1, 0.15) is 17.1 Å². The standard InChI is InChI=1S/C24H19BrN4O4/c1-15-5-7-18(8-6-15)28-24(32)23(31)27-14-21-10-9-20(33-21)11-16(13-26)22(30)29-19-4-2-3-17(25)12-19/h2-12H,14H2,1H3,(H,27,31)(H,28,32)(H,29,30)/b16-11-. The Morgan fingerprint density at radius 3 is 2.39 bits per heavy atom. The molecule has 3 amide bonds. The second kappa shape index (κ2) is 10.9. The Bertz CT molecular complexity index is 1260. The van der Waals surface area contributed by atoms with Crippen molar-refractivity contribution in [1.82, 2.24) is 5.32 Å². The zero-order valence-electron chi connectivity index (χ0n) is 17.5. The Morgan fingerprint density at radius 1 is 0.970 bits per heavy atom. The van der Waals surface area contributed by atoms with E-state index < -0.39 is 17.7 Å². The summed E-state index contributed by atoms with van der Waals surface area (Å²) in [6.07, 6.45) is 1.29. The minimum Gasteiger partial charge on any atom is -0.460 e. The first kappa shape index (κ1) is 23.5. The second-order valence-electron chi connectivity index (χ2n) is 6.94. The van der Waals surface area contributed by atoms with Gasteiger partial charge in [-0.05, 0) is 49.4 Å². The molecule has 0 radical (unpaired) electrons. The summed E-state index contributed by atoms with van der Waals surface area (Å²) in [5.41, 5.74) is 1.92. The van der Waals surface area contributed by atoms with Crippen molar-refractivity contribution < 1.29 is 18.8 Å². The number of halogens is 1. The first-order chi connectivity index (χ1) is 15.8. The number of hydrogen-bond donors (Lipinski definition) is 3. The van der Waals surface area contributed by atoms with Crippen LogP contribution in [0.4, 0.5) is 11.4 Å². The number of hydrogen-bond acceptors (Lipinski definition) is 5. The van der Waals surface area contributed by atoms with E-state index in [1.807, 2.05) is 31.2 Å². The molecule has 2 aromatic carbocycles. The van der Waals surface area contributed by atoms with Gasteiger partial charge in [0.25, 0.3) is 5.91 Å². The zero-order valence-corrected chi connectivity index (χ0v) is 19.1. The van der Waals surface area contributed by atoms with Crippen LogP contribution < -0.4 is 16.0 Å². The number of rotatable bonds is 6. The van der Waals surface area contributed by atoms with E-state index in [1.54, 1.807) is 42.5 Å². The predicted octanol–water partition coefficient (Wildman–Crippen LogP) is 4.15. The lowest BCUT2D eigenvalue weighted by atomic mass is 10.2. The van der Waals surface area contributed by atoms with Gasteiger partial charge < -0.3 is 20.4 Å². The van der Waals surface area contributed by atoms with E-state index in [-0.39, 0.29) is 17.9 Å². The largest absolute Gasteiger partial charge is 0.460 e. The molecule has 0 aliphatic rings. The van der Waals surface area contributed by atoms with Crippen LogP contribution in [-0.4, -0.2) is 17.7 Å². The monoisotopic (exact) mass is 506 g/mol. The molecule has 0 aliphatic heterocycles. The lowest BCUT2D eigenvalue weighted by Crippen LogP contribution is -2.34. The predicted molar refractivity (Wildman–Crippen MR) is 127 cm³/mol. The Kier molecular flexibility index (Phi) is 7.78. The quantitative estimate of drug-likeness (QED) is 0.263. The first-order valence-corrected chi connectivity index (χ1v) is 10.6. The molecule has 8 nitrogen and oxygen atoms in total. The molecule has 0 aliphatic carbocycles. The third kappa shape index (κ3) is 6.92. The molecule has 0 saturated carbocycles. The zero-order chi connectivity index (χ0) is 23.8. The lowest BCUT2D eigenvalue weighted by Gasteiger charge is -2.06. The first-order valence-electron chi connectivity index (χ1n) is 9.77. The number of carbonyl (C=O) groups excluding carboxylic acids is 3. The van der Waals surface area contributed by atoms with Gasteiger partial charge in [-0.25, -0.2) is 0 Å². The van der Waals surface area contributed by atoms with E-state index in [9.17, 15) is 19.6 Å². The highest BCUT2D eigenvalue weighted by molar-refractivity contribution is 9.10. The molecule has 0 saturated heterocycles. The van der Waals surface area contributed by atoms with Crippen LogP contribution in [0.25, 0.3) is 6.08 Å². The smallest absolute Gasteiger partial charge is 0.313 e. The molecule has 0 atom stereocenters. The minimum atomic E-state index is -0.824. The number of furan rings is 1. The molecule has 3 N–H and O–H groups in total. The molecule has 166 valence electrons. The summed E-state index contributed by atoms with van der Waals surface area (Å²) in [4.78, 5) is 36.4. The fourth-order valence-electron chi connectivity index (χ4n) is 2.70. The second-order valence-corrected chi connectivity index (χ2v) is 7.86. The molecule has 3 aromatic rings. The fourth-order valence-corrected chi connectivity index (χ4v) is 3.09. The average Bonchev–Trinajstić information content (AvgIpc) is 3.24. The van der Waals surface area contributed by atoms with Crippen molar-refractivity contribution in [3.8, 4) is 6.07 Å². The van der Waals surface area contributed by atoms with Gasteiger partial charge in [0, 0.05) is 21.9 Å². The topological polar surface area (TPSA) is 124 Å². The maximum Gasteiger partial charge on any atom is 0.313 e. The summed E-state index contributed by atoms with van der Waals surface area (Å²) in [5, 5.41) is 16.9. The summed E-state index contributed by atoms with van der Waals surface area (Å²) >= 11 is 3.31. The Balaban J connectivity index is 1.56. The van der Waals surface area contributed by atoms with Crippen LogP contribution >= 0.6 is 15.9 Å². The normalized spacial score (nSPS) is 10.8. The maximum atomic E-state index is 12.4. The summed E-state index contributed by atoms with van der Waals surface area (Å²) in [6.45, 7) is 1.87. The van der Waals surface area contributed by atoms with Crippen molar-refractivity contribution in [3.63, 3.8) is 0 Å². The summed E-state index contributed by atoms with van der Waals surface area (Å²) in [5.74, 6) is -1.61. The number of aryl methyl sites for hydroxylation is 1. The molecule has 9 heteroatoms. The van der Waals surface area contributed by atoms with Gasteiger partial charge in [0.15, 0.2) is 0 Å². The highest BCUT2D eigenvalue weighted by Gasteiger charge is 2.15. The highest BCUT2D eigenvalue weighted by atomic mass is 79.9. The summed E-state index contributed by atoms with van der Waals surface area (Å²) in [6, 6.07) is 19.0. The number of nitriles is 1. The van der Waals surface area contributed by atoms with E-state index in [1.165, 1.54) is 6.08 Å². The van der Waals surface area contributed by atoms with Crippen molar-refractivity contribution in [2.24, 2.45) is 0 Å². The van der Waals surface area contributed by atoms with Gasteiger partial charge in [0.2, 0.25) is 0 Å². The Hall–Kier alpha value is -4.16. The average molecular weight is 507 g/mol. The van der Waals surface area contributed by atoms with Crippen molar-refractivity contribution in [1.29, 1.82) is 5.26 Å². The van der Waals surface area contributed by atoms with Gasteiger partial charge in [0.05, 0.1) is 6.54 Å². The van der Waals surface area contributed by atoms with Crippen molar-refractivity contribution in [2.75, 3.05) is 10.6 Å². The summed E-state index contributed by atoms with van der Waals surface area (Å²) in [7, 11) is 0. The summed E-state index contributed by atoms with van der Waals surface area (Å²) < 4.78 is 6.32. The van der Waals surface area contributed by atoms with E-state index in [2.05, 4.69) is 31.9 Å². The third-order valence-electron chi connectivity index (χ3n) is 4.36. The number of nitrogens with one attached hydrogen (secondary N) is 3. The molecular formula is C24H19BrN4O4. The van der Waals surface area contributed by atoms with Crippen LogP contribution in [0.5, 0.6) is 0 Å². The van der Waals surface area contributed by atoms with Gasteiger partial charge in [0.1, 0.15) is 23.2 Å². The van der Waals surface area contributed by atoms with Gasteiger partial charge in [-0.2, -0.15) is 5.26 Å². The van der Waals surface area contributed by atoms with Gasteiger partial charge >= 0.3 is 11.8 Å². The number of benzene rings is 2.